The molecular weight excluding hydrogens is 231 g/mol. The van der Waals surface area contributed by atoms with Crippen LogP contribution in [0.3, 0.4) is 0 Å². The van der Waals surface area contributed by atoms with Crippen molar-refractivity contribution in [2.24, 2.45) is 5.41 Å². The minimum Gasteiger partial charge on any atom is -0.393 e. The van der Waals surface area contributed by atoms with Crippen LogP contribution < -0.4 is 5.32 Å². The average Bonchev–Trinajstić information content (AvgIpc) is 2.75. The van der Waals surface area contributed by atoms with E-state index in [1.165, 1.54) is 6.42 Å². The molecule has 0 amide bonds. The number of nitrogens with one attached hydrogen (secondary N) is 1. The molecule has 2 heterocycles. The zero-order valence-electron chi connectivity index (χ0n) is 9.84. The molecule has 3 nitrogen and oxygen atoms in total. The van der Waals surface area contributed by atoms with E-state index in [0.717, 1.165) is 26.2 Å². The fourth-order valence-corrected chi connectivity index (χ4v) is 2.72. The van der Waals surface area contributed by atoms with E-state index < -0.39 is 5.67 Å². The number of alkyl halides is 1. The second-order valence-corrected chi connectivity index (χ2v) is 5.51. The van der Waals surface area contributed by atoms with E-state index in [4.69, 9.17) is 5.11 Å². The Bertz CT molecular complexity index is 236. The van der Waals surface area contributed by atoms with Crippen molar-refractivity contribution in [3.05, 3.63) is 0 Å². The van der Waals surface area contributed by atoms with E-state index in [2.05, 4.69) is 17.1 Å². The van der Waals surface area contributed by atoms with Crippen LogP contribution in [0.1, 0.15) is 19.8 Å². The van der Waals surface area contributed by atoms with E-state index in [-0.39, 0.29) is 19.0 Å². The van der Waals surface area contributed by atoms with Gasteiger partial charge in [-0.15, -0.1) is 12.4 Å². The lowest BCUT2D eigenvalue weighted by atomic mass is 9.89. The number of rotatable bonds is 3. The lowest BCUT2D eigenvalue weighted by molar-refractivity contribution is 0.0723. The number of likely N-dealkylation sites (tertiary alicyclic amines) is 1. The Morgan fingerprint density at radius 2 is 2.19 bits per heavy atom. The van der Waals surface area contributed by atoms with Crippen molar-refractivity contribution in [2.45, 2.75) is 25.4 Å². The van der Waals surface area contributed by atoms with Crippen molar-refractivity contribution in [3.63, 3.8) is 0 Å². The van der Waals surface area contributed by atoms with Crippen molar-refractivity contribution in [1.82, 2.24) is 10.2 Å². The molecule has 96 valence electrons. The van der Waals surface area contributed by atoms with Crippen LogP contribution in [0, 0.1) is 5.41 Å². The first-order valence-corrected chi connectivity index (χ1v) is 5.78. The van der Waals surface area contributed by atoms with E-state index in [9.17, 15) is 4.39 Å². The molecule has 0 spiro atoms. The second-order valence-electron chi connectivity index (χ2n) is 5.51. The number of aliphatic hydroxyl groups is 1. The Kier molecular flexibility index (Phi) is 4.57. The molecule has 0 bridgehead atoms. The zero-order chi connectivity index (χ0) is 10.9. The van der Waals surface area contributed by atoms with Gasteiger partial charge in [-0.2, -0.15) is 0 Å². The molecule has 2 aliphatic heterocycles. The van der Waals surface area contributed by atoms with Gasteiger partial charge in [0.25, 0.3) is 0 Å². The maximum absolute atomic E-state index is 13.8. The summed E-state index contributed by atoms with van der Waals surface area (Å²) in [7, 11) is 0. The second kappa shape index (κ2) is 5.17. The summed E-state index contributed by atoms with van der Waals surface area (Å²) in [5.41, 5.74) is -1.05. The highest BCUT2D eigenvalue weighted by molar-refractivity contribution is 5.85. The Hall–Kier alpha value is 0.1000. The van der Waals surface area contributed by atoms with Gasteiger partial charge in [-0.05, 0) is 24.8 Å². The predicted octanol–water partition coefficient (Wildman–Crippen LogP) is 0.814. The number of halogens is 2. The van der Waals surface area contributed by atoms with Gasteiger partial charge in [-0.3, -0.25) is 4.90 Å². The summed E-state index contributed by atoms with van der Waals surface area (Å²) in [6.07, 6.45) is 1.65. The highest BCUT2D eigenvalue weighted by Gasteiger charge is 2.40. The van der Waals surface area contributed by atoms with E-state index in [1.54, 1.807) is 0 Å². The molecule has 0 aromatic rings. The summed E-state index contributed by atoms with van der Waals surface area (Å²) in [5, 5.41) is 12.3. The summed E-state index contributed by atoms with van der Waals surface area (Å²) >= 11 is 0. The maximum atomic E-state index is 13.8. The molecule has 16 heavy (non-hydrogen) atoms. The summed E-state index contributed by atoms with van der Waals surface area (Å²) in [5.74, 6) is 0. The van der Waals surface area contributed by atoms with Crippen LogP contribution in [0.15, 0.2) is 0 Å². The molecule has 2 atom stereocenters. The fraction of sp³-hybridized carbons (Fsp3) is 1.00. The van der Waals surface area contributed by atoms with Gasteiger partial charge in [-0.1, -0.05) is 6.92 Å². The van der Waals surface area contributed by atoms with E-state index in [1.807, 2.05) is 0 Å². The third kappa shape index (κ3) is 3.06. The monoisotopic (exact) mass is 252 g/mol. The fourth-order valence-electron chi connectivity index (χ4n) is 2.72. The van der Waals surface area contributed by atoms with Crippen LogP contribution in [-0.4, -0.2) is 55.0 Å². The predicted molar refractivity (Wildman–Crippen MR) is 64.8 cm³/mol. The molecule has 2 unspecified atom stereocenters. The molecule has 2 fully saturated rings. The molecule has 2 aliphatic rings. The first-order chi connectivity index (χ1) is 7.05. The van der Waals surface area contributed by atoms with Gasteiger partial charge in [0.1, 0.15) is 5.67 Å². The molecule has 5 heteroatoms. The highest BCUT2D eigenvalue weighted by Crippen LogP contribution is 2.31. The largest absolute Gasteiger partial charge is 0.393 e. The van der Waals surface area contributed by atoms with Gasteiger partial charge >= 0.3 is 0 Å². The van der Waals surface area contributed by atoms with Crippen LogP contribution in [0.25, 0.3) is 0 Å². The zero-order valence-corrected chi connectivity index (χ0v) is 10.7. The van der Waals surface area contributed by atoms with Crippen LogP contribution >= 0.6 is 12.4 Å². The van der Waals surface area contributed by atoms with Crippen LogP contribution in [0.4, 0.5) is 4.39 Å². The molecule has 0 radical (unpaired) electrons. The molecule has 2 N–H and O–H groups in total. The lowest BCUT2D eigenvalue weighted by Crippen LogP contribution is -2.39. The summed E-state index contributed by atoms with van der Waals surface area (Å²) in [6.45, 7) is 6.16. The number of aliphatic hydroxyl groups excluding tert-OH is 1. The molecule has 0 aliphatic carbocycles. The lowest BCUT2D eigenvalue weighted by Gasteiger charge is -2.29. The number of nitrogens with zero attached hydrogens (tertiary/aromatic N) is 1. The van der Waals surface area contributed by atoms with Crippen molar-refractivity contribution in [3.8, 4) is 0 Å². The number of hydrogen-bond donors (Lipinski definition) is 2. The van der Waals surface area contributed by atoms with Crippen molar-refractivity contribution < 1.29 is 9.50 Å². The van der Waals surface area contributed by atoms with Crippen LogP contribution in [-0.2, 0) is 0 Å². The molecule has 0 aromatic heterocycles. The minimum absolute atomic E-state index is 0. The Morgan fingerprint density at radius 1 is 1.44 bits per heavy atom. The average molecular weight is 253 g/mol. The summed E-state index contributed by atoms with van der Waals surface area (Å²) < 4.78 is 13.8. The topological polar surface area (TPSA) is 35.5 Å². The molecule has 0 aromatic carbocycles. The summed E-state index contributed by atoms with van der Waals surface area (Å²) in [4.78, 5) is 2.16. The Labute approximate surface area is 103 Å². The first-order valence-electron chi connectivity index (χ1n) is 5.78. The smallest absolute Gasteiger partial charge is 0.147 e. The van der Waals surface area contributed by atoms with Gasteiger partial charge in [-0.25, -0.2) is 4.39 Å². The summed E-state index contributed by atoms with van der Waals surface area (Å²) in [6, 6.07) is 0. The number of hydrogen-bond acceptors (Lipinski definition) is 3. The minimum atomic E-state index is -1.34. The van der Waals surface area contributed by atoms with Crippen LogP contribution in [0.5, 0.6) is 0 Å². The maximum Gasteiger partial charge on any atom is 0.147 e. The van der Waals surface area contributed by atoms with E-state index >= 15 is 0 Å². The molecule has 2 rings (SSSR count). The Morgan fingerprint density at radius 3 is 2.69 bits per heavy atom. The standard InChI is InChI=1S/C11H21FN2O.ClH/c1-10(2-4-13-6-10)7-14-5-3-11(12,8-14)9-15;/h13,15H,2-9H2,1H3;1H. The van der Waals surface area contributed by atoms with Gasteiger partial charge in [0, 0.05) is 26.2 Å². The van der Waals surface area contributed by atoms with Gasteiger partial charge in [0.15, 0.2) is 0 Å². The van der Waals surface area contributed by atoms with Gasteiger partial charge in [0.2, 0.25) is 0 Å². The van der Waals surface area contributed by atoms with E-state index in [0.29, 0.717) is 18.4 Å². The van der Waals surface area contributed by atoms with Gasteiger partial charge in [0.05, 0.1) is 6.61 Å². The van der Waals surface area contributed by atoms with Crippen molar-refractivity contribution in [2.75, 3.05) is 39.3 Å². The molecular formula is C11H22ClFN2O. The van der Waals surface area contributed by atoms with Crippen molar-refractivity contribution in [1.29, 1.82) is 0 Å². The third-order valence-corrected chi connectivity index (χ3v) is 3.73. The third-order valence-electron chi connectivity index (χ3n) is 3.73. The van der Waals surface area contributed by atoms with Gasteiger partial charge < -0.3 is 10.4 Å². The molecule has 2 saturated heterocycles. The molecule has 0 saturated carbocycles. The van der Waals surface area contributed by atoms with Crippen LogP contribution in [0.2, 0.25) is 0 Å². The SMILES string of the molecule is CC1(CN2CCC(F)(CO)C2)CCNC1.Cl. The normalized spacial score (nSPS) is 39.9. The Balaban J connectivity index is 0.00000128. The first kappa shape index (κ1) is 14.2. The quantitative estimate of drug-likeness (QED) is 0.781. The van der Waals surface area contributed by atoms with Crippen molar-refractivity contribution >= 4 is 12.4 Å². The highest BCUT2D eigenvalue weighted by atomic mass is 35.5.